The molecule has 1 amide bonds. The number of fused-ring (bicyclic) bond motifs is 2. The van der Waals surface area contributed by atoms with Crippen molar-refractivity contribution in [1.29, 1.82) is 0 Å². The molecule has 0 radical (unpaired) electrons. The van der Waals surface area contributed by atoms with Crippen molar-refractivity contribution in [2.75, 3.05) is 5.01 Å². The van der Waals surface area contributed by atoms with Crippen molar-refractivity contribution in [2.24, 2.45) is 10.1 Å². The highest BCUT2D eigenvalue weighted by Crippen LogP contribution is 2.31. The van der Waals surface area contributed by atoms with Crippen LogP contribution >= 0.6 is 11.3 Å². The number of benzene rings is 2. The van der Waals surface area contributed by atoms with Gasteiger partial charge in [-0.25, -0.2) is 9.98 Å². The number of thiazole rings is 1. The van der Waals surface area contributed by atoms with Gasteiger partial charge in [0.25, 0.3) is 5.90 Å². The Kier molecular flexibility index (Phi) is 4.25. The molecule has 0 aliphatic carbocycles. The van der Waals surface area contributed by atoms with Crippen molar-refractivity contribution in [1.82, 2.24) is 4.98 Å². The van der Waals surface area contributed by atoms with Crippen LogP contribution in [0.15, 0.2) is 58.6 Å². The van der Waals surface area contributed by atoms with Crippen molar-refractivity contribution in [2.45, 2.75) is 13.8 Å². The van der Waals surface area contributed by atoms with Gasteiger partial charge in [-0.05, 0) is 18.2 Å². The number of amides is 1. The van der Waals surface area contributed by atoms with E-state index in [0.29, 0.717) is 22.1 Å². The predicted molar refractivity (Wildman–Crippen MR) is 105 cm³/mol. The number of hydrazone groups is 1. The van der Waals surface area contributed by atoms with Crippen LogP contribution < -0.4 is 5.01 Å². The van der Waals surface area contributed by atoms with Crippen molar-refractivity contribution in [3.05, 3.63) is 54.1 Å². The average Bonchev–Trinajstić information content (AvgIpc) is 3.19. The molecule has 2 heterocycles. The molecule has 0 bridgehead atoms. The second-order valence-corrected chi connectivity index (χ2v) is 6.78. The Bertz CT molecular complexity index is 1100. The third-order valence-corrected chi connectivity index (χ3v) is 4.80. The molecule has 1 aliphatic rings. The zero-order valence-corrected chi connectivity index (χ0v) is 15.4. The summed E-state index contributed by atoms with van der Waals surface area (Å²) in [4.78, 5) is 32.5. The number of nitrogens with zero attached hydrogens (tertiary/aromatic N) is 4. The molecule has 1 aliphatic heterocycles. The minimum Gasteiger partial charge on any atom is -0.405 e. The lowest BCUT2D eigenvalue weighted by atomic mass is 10.1. The molecule has 27 heavy (non-hydrogen) atoms. The van der Waals surface area contributed by atoms with Crippen molar-refractivity contribution in [3.8, 4) is 0 Å². The first-order valence-corrected chi connectivity index (χ1v) is 8.96. The zero-order chi connectivity index (χ0) is 19.0. The fraction of sp³-hybridized carbons (Fsp3) is 0.105. The van der Waals surface area contributed by atoms with Crippen LogP contribution in [-0.4, -0.2) is 28.5 Å². The summed E-state index contributed by atoms with van der Waals surface area (Å²) in [6.07, 6.45) is 0. The third-order valence-electron chi connectivity index (χ3n) is 3.79. The van der Waals surface area contributed by atoms with Gasteiger partial charge in [0.1, 0.15) is 0 Å². The number of hydrogen-bond donors (Lipinski definition) is 0. The molecule has 2 aromatic carbocycles. The number of ether oxygens (including phenoxy) is 1. The van der Waals surface area contributed by atoms with Gasteiger partial charge in [0.15, 0.2) is 5.71 Å². The number of carbonyl (C=O) groups excluding carboxylic acids is 2. The fourth-order valence-electron chi connectivity index (χ4n) is 2.65. The van der Waals surface area contributed by atoms with Gasteiger partial charge in [-0.1, -0.05) is 41.7 Å². The summed E-state index contributed by atoms with van der Waals surface area (Å²) in [6.45, 7) is 2.69. The second-order valence-electron chi connectivity index (χ2n) is 5.77. The molecule has 0 saturated heterocycles. The maximum absolute atomic E-state index is 12.3. The van der Waals surface area contributed by atoms with Crippen molar-refractivity contribution >= 4 is 55.9 Å². The number of anilines is 1. The first-order valence-electron chi connectivity index (χ1n) is 8.14. The lowest BCUT2D eigenvalue weighted by molar-refractivity contribution is -0.132. The lowest BCUT2D eigenvalue weighted by Crippen LogP contribution is -2.27. The van der Waals surface area contributed by atoms with E-state index in [4.69, 9.17) is 4.74 Å². The predicted octanol–water partition coefficient (Wildman–Crippen LogP) is 3.66. The van der Waals surface area contributed by atoms with Gasteiger partial charge in [-0.15, -0.1) is 0 Å². The summed E-state index contributed by atoms with van der Waals surface area (Å²) in [6, 6.07) is 14.8. The van der Waals surface area contributed by atoms with E-state index in [0.717, 1.165) is 10.2 Å². The topological polar surface area (TPSA) is 84.2 Å². The third kappa shape index (κ3) is 3.22. The van der Waals surface area contributed by atoms with E-state index in [9.17, 15) is 9.59 Å². The van der Waals surface area contributed by atoms with E-state index in [1.165, 1.54) is 30.2 Å². The molecular formula is C19H14N4O3S. The molecule has 0 unspecified atom stereocenters. The Hall–Kier alpha value is -3.39. The standard InChI is InChI=1S/C19H14N4O3S/c1-11(24)23(19-21-15-9-5-6-10-16(15)27-19)22-17-13-7-3-4-8-14(13)20-18(17)26-12(2)25/h3-10H,1-2H3/b22-17-. The van der Waals surface area contributed by atoms with E-state index in [1.807, 2.05) is 42.5 Å². The first-order chi connectivity index (χ1) is 13.0. The van der Waals surface area contributed by atoms with Gasteiger partial charge < -0.3 is 4.74 Å². The van der Waals surface area contributed by atoms with Crippen LogP contribution in [0.5, 0.6) is 0 Å². The Balaban J connectivity index is 1.82. The summed E-state index contributed by atoms with van der Waals surface area (Å²) in [5.74, 6) is -0.757. The number of rotatable bonds is 2. The van der Waals surface area contributed by atoms with E-state index in [1.54, 1.807) is 6.07 Å². The highest BCUT2D eigenvalue weighted by atomic mass is 32.1. The van der Waals surface area contributed by atoms with Gasteiger partial charge in [-0.3, -0.25) is 9.59 Å². The van der Waals surface area contributed by atoms with Gasteiger partial charge in [0, 0.05) is 19.4 Å². The molecule has 3 aromatic rings. The summed E-state index contributed by atoms with van der Waals surface area (Å²) in [5, 5.41) is 6.10. The molecule has 0 N–H and O–H groups in total. The summed E-state index contributed by atoms with van der Waals surface area (Å²) < 4.78 is 6.15. The maximum atomic E-state index is 12.3. The Labute approximate surface area is 158 Å². The van der Waals surface area contributed by atoms with Crippen LogP contribution in [0.3, 0.4) is 0 Å². The number of esters is 1. The largest absolute Gasteiger partial charge is 0.405 e. The van der Waals surface area contributed by atoms with E-state index < -0.39 is 5.97 Å². The molecule has 4 rings (SSSR count). The molecule has 8 heteroatoms. The molecule has 1 aromatic heterocycles. The normalized spacial score (nSPS) is 14.1. The Morgan fingerprint density at radius 1 is 1.07 bits per heavy atom. The monoisotopic (exact) mass is 378 g/mol. The zero-order valence-electron chi connectivity index (χ0n) is 14.5. The second kappa shape index (κ2) is 6.73. The van der Waals surface area contributed by atoms with Crippen molar-refractivity contribution < 1.29 is 14.3 Å². The van der Waals surface area contributed by atoms with Gasteiger partial charge in [-0.2, -0.15) is 10.1 Å². The molecule has 0 atom stereocenters. The van der Waals surface area contributed by atoms with Crippen LogP contribution in [0.25, 0.3) is 10.2 Å². The number of para-hydroxylation sites is 2. The SMILES string of the molecule is CC(=O)OC1=Nc2ccccc2/C1=N/N(C(C)=O)c1nc2ccccc2s1. The smallest absolute Gasteiger partial charge is 0.309 e. The quantitative estimate of drug-likeness (QED) is 0.503. The van der Waals surface area contributed by atoms with E-state index >= 15 is 0 Å². The number of aromatic nitrogens is 1. The Morgan fingerprint density at radius 2 is 1.81 bits per heavy atom. The molecule has 0 fully saturated rings. The number of aliphatic imine (C=N–C) groups is 1. The van der Waals surface area contributed by atoms with E-state index in [-0.39, 0.29) is 11.8 Å². The van der Waals surface area contributed by atoms with E-state index in [2.05, 4.69) is 15.1 Å². The molecular weight excluding hydrogens is 364 g/mol. The summed E-state index contributed by atoms with van der Waals surface area (Å²) in [5.41, 5.74) is 2.40. The van der Waals surface area contributed by atoms with Crippen LogP contribution in [-0.2, 0) is 14.3 Å². The lowest BCUT2D eigenvalue weighted by Gasteiger charge is -2.13. The molecule has 7 nitrogen and oxygen atoms in total. The summed E-state index contributed by atoms with van der Waals surface area (Å²) in [7, 11) is 0. The minimum atomic E-state index is -0.511. The average molecular weight is 378 g/mol. The highest BCUT2D eigenvalue weighted by Gasteiger charge is 2.28. The molecule has 0 spiro atoms. The van der Waals surface area contributed by atoms with Crippen LogP contribution in [0.2, 0.25) is 0 Å². The maximum Gasteiger partial charge on any atom is 0.309 e. The van der Waals surface area contributed by atoms with Crippen LogP contribution in [0.1, 0.15) is 19.4 Å². The summed E-state index contributed by atoms with van der Waals surface area (Å²) >= 11 is 1.35. The minimum absolute atomic E-state index is 0.0658. The number of carbonyl (C=O) groups is 2. The van der Waals surface area contributed by atoms with Gasteiger partial charge in [0.05, 0.1) is 15.9 Å². The van der Waals surface area contributed by atoms with Crippen LogP contribution in [0.4, 0.5) is 10.8 Å². The number of hydrogen-bond acceptors (Lipinski definition) is 7. The van der Waals surface area contributed by atoms with Gasteiger partial charge in [0.2, 0.25) is 11.0 Å². The first kappa shape index (κ1) is 17.0. The van der Waals surface area contributed by atoms with Crippen LogP contribution in [0, 0.1) is 0 Å². The Morgan fingerprint density at radius 3 is 2.56 bits per heavy atom. The molecule has 134 valence electrons. The fourth-order valence-corrected chi connectivity index (χ4v) is 3.61. The van der Waals surface area contributed by atoms with Gasteiger partial charge >= 0.3 is 5.97 Å². The molecule has 0 saturated carbocycles. The van der Waals surface area contributed by atoms with Crippen molar-refractivity contribution in [3.63, 3.8) is 0 Å². The highest BCUT2D eigenvalue weighted by molar-refractivity contribution is 7.22.